The molecule has 33 heavy (non-hydrogen) atoms. The van der Waals surface area contributed by atoms with E-state index in [4.69, 9.17) is 11.6 Å². The number of carboxylic acids is 1. The summed E-state index contributed by atoms with van der Waals surface area (Å²) in [7, 11) is 0. The van der Waals surface area contributed by atoms with Gasteiger partial charge in [-0.05, 0) is 40.5 Å². The number of carbonyl (C=O) groups excluding carboxylic acids is 3. The zero-order valence-corrected chi connectivity index (χ0v) is 17.8. The summed E-state index contributed by atoms with van der Waals surface area (Å²) in [5, 5.41) is 9.47. The summed E-state index contributed by atoms with van der Waals surface area (Å²) < 4.78 is 0. The third-order valence-corrected chi connectivity index (χ3v) is 7.64. The molecule has 162 valence electrons. The molecule has 7 heteroatoms. The molecule has 0 unspecified atom stereocenters. The summed E-state index contributed by atoms with van der Waals surface area (Å²) in [5.74, 6) is -4.27. The normalized spacial score (nSPS) is 26.6. The van der Waals surface area contributed by atoms with Crippen LogP contribution in [0.2, 0.25) is 5.02 Å². The molecule has 2 bridgehead atoms. The standard InChI is InChI=1S/C26H16ClNO5/c27-19-10-9-13(11-16(19)25(32)33)28-23(30)21-20-14-5-1-3-7-17(14)26(12-29,22(21)24(28)31)18-8-4-2-6-15(18)20/h1-12,20-22H,(H,32,33)/t20?,21-,22+,26?/m0/s1. The maximum absolute atomic E-state index is 13.9. The Balaban J connectivity index is 1.61. The number of aldehydes is 1. The summed E-state index contributed by atoms with van der Waals surface area (Å²) in [6.07, 6.45) is 0.803. The molecule has 1 heterocycles. The number of carbonyl (C=O) groups is 4. The lowest BCUT2D eigenvalue weighted by Crippen LogP contribution is -2.54. The van der Waals surface area contributed by atoms with Gasteiger partial charge in [0.05, 0.1) is 33.5 Å². The highest BCUT2D eigenvalue weighted by atomic mass is 35.5. The molecule has 0 spiro atoms. The van der Waals surface area contributed by atoms with Crippen molar-refractivity contribution in [3.63, 3.8) is 0 Å². The Hall–Kier alpha value is -3.77. The van der Waals surface area contributed by atoms with Crippen LogP contribution in [-0.4, -0.2) is 29.2 Å². The van der Waals surface area contributed by atoms with Crippen molar-refractivity contribution in [2.75, 3.05) is 4.90 Å². The maximum Gasteiger partial charge on any atom is 0.337 e. The van der Waals surface area contributed by atoms with Gasteiger partial charge in [-0.1, -0.05) is 60.1 Å². The van der Waals surface area contributed by atoms with E-state index >= 15 is 0 Å². The van der Waals surface area contributed by atoms with Crippen LogP contribution in [0, 0.1) is 11.8 Å². The molecule has 2 amide bonds. The van der Waals surface area contributed by atoms with Gasteiger partial charge in [0, 0.05) is 5.92 Å². The third-order valence-electron chi connectivity index (χ3n) is 7.31. The number of nitrogens with zero attached hydrogens (tertiary/aromatic N) is 1. The van der Waals surface area contributed by atoms with E-state index < -0.39 is 35.0 Å². The van der Waals surface area contributed by atoms with Crippen molar-refractivity contribution in [3.05, 3.63) is 99.6 Å². The number of halogens is 1. The molecule has 7 rings (SSSR count). The molecule has 0 aromatic heterocycles. The lowest BCUT2D eigenvalue weighted by molar-refractivity contribution is -0.128. The summed E-state index contributed by atoms with van der Waals surface area (Å²) in [6.45, 7) is 0. The maximum atomic E-state index is 13.9. The predicted octanol–water partition coefficient (Wildman–Crippen LogP) is 3.79. The second-order valence-electron chi connectivity index (χ2n) is 8.62. The number of carboxylic acid groups (broad SMARTS) is 1. The van der Waals surface area contributed by atoms with Crippen LogP contribution in [0.15, 0.2) is 66.7 Å². The van der Waals surface area contributed by atoms with E-state index in [2.05, 4.69) is 0 Å². The van der Waals surface area contributed by atoms with E-state index in [1.54, 1.807) is 0 Å². The Bertz CT molecular complexity index is 1370. The highest BCUT2D eigenvalue weighted by Crippen LogP contribution is 2.63. The minimum Gasteiger partial charge on any atom is -0.478 e. The van der Waals surface area contributed by atoms with Gasteiger partial charge in [-0.15, -0.1) is 0 Å². The van der Waals surface area contributed by atoms with Gasteiger partial charge in [0.25, 0.3) is 0 Å². The lowest BCUT2D eigenvalue weighted by Gasteiger charge is -2.51. The molecule has 1 saturated heterocycles. The first-order chi connectivity index (χ1) is 15.9. The van der Waals surface area contributed by atoms with Crippen molar-refractivity contribution in [3.8, 4) is 0 Å². The number of aromatic carboxylic acids is 1. The van der Waals surface area contributed by atoms with Crippen LogP contribution in [0.3, 0.4) is 0 Å². The predicted molar refractivity (Wildman–Crippen MR) is 119 cm³/mol. The largest absolute Gasteiger partial charge is 0.478 e. The van der Waals surface area contributed by atoms with Gasteiger partial charge >= 0.3 is 5.97 Å². The van der Waals surface area contributed by atoms with Crippen LogP contribution in [0.4, 0.5) is 5.69 Å². The fraction of sp³-hybridized carbons (Fsp3) is 0.154. The van der Waals surface area contributed by atoms with Crippen molar-refractivity contribution < 1.29 is 24.3 Å². The van der Waals surface area contributed by atoms with E-state index in [0.717, 1.165) is 33.4 Å². The van der Waals surface area contributed by atoms with Gasteiger partial charge in [0.1, 0.15) is 6.29 Å². The Morgan fingerprint density at radius 2 is 1.55 bits per heavy atom. The van der Waals surface area contributed by atoms with Gasteiger partial charge in [-0.2, -0.15) is 0 Å². The van der Waals surface area contributed by atoms with Crippen LogP contribution in [-0.2, 0) is 19.8 Å². The second-order valence-corrected chi connectivity index (χ2v) is 9.03. The first-order valence-electron chi connectivity index (χ1n) is 10.5. The smallest absolute Gasteiger partial charge is 0.337 e. The number of hydrogen-bond acceptors (Lipinski definition) is 4. The molecule has 3 aliphatic carbocycles. The van der Waals surface area contributed by atoms with Gasteiger partial charge in [-0.25, -0.2) is 9.69 Å². The summed E-state index contributed by atoms with van der Waals surface area (Å²) in [5.41, 5.74) is 1.87. The average Bonchev–Trinajstić information content (AvgIpc) is 3.10. The minimum absolute atomic E-state index is 0.00648. The Morgan fingerprint density at radius 3 is 2.12 bits per heavy atom. The minimum atomic E-state index is -1.30. The number of imide groups is 1. The fourth-order valence-corrected chi connectivity index (χ4v) is 6.30. The molecule has 2 atom stereocenters. The van der Waals surface area contributed by atoms with Crippen molar-refractivity contribution in [2.45, 2.75) is 11.3 Å². The van der Waals surface area contributed by atoms with E-state index in [0.29, 0.717) is 0 Å². The highest BCUT2D eigenvalue weighted by Gasteiger charge is 2.68. The Labute approximate surface area is 193 Å². The Morgan fingerprint density at radius 1 is 0.939 bits per heavy atom. The molecule has 4 aliphatic rings. The first kappa shape index (κ1) is 19.9. The van der Waals surface area contributed by atoms with Crippen LogP contribution >= 0.6 is 11.6 Å². The summed E-state index contributed by atoms with van der Waals surface area (Å²) in [4.78, 5) is 53.2. The van der Waals surface area contributed by atoms with E-state index in [-0.39, 0.29) is 22.2 Å². The molecule has 3 aromatic rings. The average molecular weight is 458 g/mol. The second kappa shape index (κ2) is 6.62. The van der Waals surface area contributed by atoms with E-state index in [1.165, 1.54) is 18.2 Å². The number of rotatable bonds is 3. The number of anilines is 1. The summed E-state index contributed by atoms with van der Waals surface area (Å²) >= 11 is 6.00. The van der Waals surface area contributed by atoms with Crippen molar-refractivity contribution in [2.24, 2.45) is 11.8 Å². The van der Waals surface area contributed by atoms with Crippen molar-refractivity contribution in [1.82, 2.24) is 0 Å². The van der Waals surface area contributed by atoms with Gasteiger partial charge in [0.15, 0.2) is 0 Å². The Kier molecular flexibility index (Phi) is 3.99. The van der Waals surface area contributed by atoms with Gasteiger partial charge in [0.2, 0.25) is 11.8 Å². The lowest BCUT2D eigenvalue weighted by atomic mass is 9.48. The molecule has 0 radical (unpaired) electrons. The molecule has 0 saturated carbocycles. The highest BCUT2D eigenvalue weighted by molar-refractivity contribution is 6.34. The zero-order valence-electron chi connectivity index (χ0n) is 17.1. The molecule has 6 nitrogen and oxygen atoms in total. The van der Waals surface area contributed by atoms with Crippen molar-refractivity contribution in [1.29, 1.82) is 0 Å². The molecule has 1 aliphatic heterocycles. The number of benzene rings is 3. The molecular weight excluding hydrogens is 442 g/mol. The molecule has 1 fully saturated rings. The quantitative estimate of drug-likeness (QED) is 0.477. The topological polar surface area (TPSA) is 91.8 Å². The van der Waals surface area contributed by atoms with Crippen molar-refractivity contribution >= 4 is 41.4 Å². The monoisotopic (exact) mass is 457 g/mol. The van der Waals surface area contributed by atoms with Crippen LogP contribution in [0.25, 0.3) is 0 Å². The van der Waals surface area contributed by atoms with Crippen LogP contribution < -0.4 is 4.90 Å². The van der Waals surface area contributed by atoms with E-state index in [9.17, 15) is 24.3 Å². The summed E-state index contributed by atoms with van der Waals surface area (Å²) in [6, 6.07) is 19.0. The number of amides is 2. The van der Waals surface area contributed by atoms with Gasteiger partial charge in [-0.3, -0.25) is 9.59 Å². The van der Waals surface area contributed by atoms with Gasteiger partial charge < -0.3 is 9.90 Å². The first-order valence-corrected chi connectivity index (χ1v) is 10.9. The SMILES string of the molecule is O=CC12c3ccccc3C(c3ccccc31)[C@@H]1C(=O)N(c3ccc(Cl)c(C(=O)O)c3)C(=O)[C@@H]12. The number of hydrogen-bond donors (Lipinski definition) is 1. The molecule has 3 aromatic carbocycles. The molecular formula is C26H16ClNO5. The van der Waals surface area contributed by atoms with E-state index in [1.807, 2.05) is 48.5 Å². The third kappa shape index (κ3) is 2.28. The fourth-order valence-electron chi connectivity index (χ4n) is 6.10. The molecule has 1 N–H and O–H groups in total. The van der Waals surface area contributed by atoms with Crippen LogP contribution in [0.1, 0.15) is 38.5 Å². The van der Waals surface area contributed by atoms with Crippen LogP contribution in [0.5, 0.6) is 0 Å². The zero-order chi connectivity index (χ0) is 23.1.